The predicted octanol–water partition coefficient (Wildman–Crippen LogP) is 2.37. The number of H-pyrrole nitrogens is 1. The largest absolute Gasteiger partial charge is 0.353 e. The molecule has 1 saturated heterocycles. The Morgan fingerprint density at radius 1 is 1.26 bits per heavy atom. The predicted molar refractivity (Wildman–Crippen MR) is 71.3 cm³/mol. The maximum absolute atomic E-state index is 12.1. The first kappa shape index (κ1) is 13.7. The molecule has 6 heteroatoms. The number of hydrogen-bond acceptors (Lipinski definition) is 4. The van der Waals surface area contributed by atoms with E-state index in [1.807, 2.05) is 0 Å². The highest BCUT2D eigenvalue weighted by atomic mass is 16.6. The highest BCUT2D eigenvalue weighted by Crippen LogP contribution is 2.14. The van der Waals surface area contributed by atoms with E-state index in [4.69, 9.17) is 0 Å². The van der Waals surface area contributed by atoms with E-state index in [1.54, 1.807) is 0 Å². The number of nitrogens with zero attached hydrogens (tertiary/aromatic N) is 2. The van der Waals surface area contributed by atoms with Crippen molar-refractivity contribution in [1.29, 1.82) is 0 Å². The molecule has 19 heavy (non-hydrogen) atoms. The van der Waals surface area contributed by atoms with Gasteiger partial charge in [-0.05, 0) is 25.9 Å². The Morgan fingerprint density at radius 2 is 1.89 bits per heavy atom. The van der Waals surface area contributed by atoms with Crippen LogP contribution >= 0.6 is 0 Å². The minimum atomic E-state index is -0.497. The molecule has 1 fully saturated rings. The molecular weight excluding hydrogens is 246 g/mol. The van der Waals surface area contributed by atoms with Crippen LogP contribution in [0.25, 0.3) is 0 Å². The summed E-state index contributed by atoms with van der Waals surface area (Å²) in [5, 5.41) is 10.6. The highest BCUT2D eigenvalue weighted by molar-refractivity contribution is 5.96. The molecule has 0 spiro atoms. The Morgan fingerprint density at radius 3 is 2.47 bits per heavy atom. The molecule has 0 bridgehead atoms. The summed E-state index contributed by atoms with van der Waals surface area (Å²) in [6, 6.07) is 1.31. The number of carbonyl (C=O) groups excluding carboxylic acids is 1. The van der Waals surface area contributed by atoms with Gasteiger partial charge in [0.25, 0.3) is 5.69 Å². The van der Waals surface area contributed by atoms with Gasteiger partial charge in [-0.1, -0.05) is 19.3 Å². The molecule has 1 aromatic heterocycles. The van der Waals surface area contributed by atoms with Crippen molar-refractivity contribution >= 4 is 11.5 Å². The monoisotopic (exact) mass is 265 g/mol. The molecule has 1 aromatic rings. The molecule has 0 unspecified atom stereocenters. The van der Waals surface area contributed by atoms with Gasteiger partial charge in [0.2, 0.25) is 0 Å². The number of nitrogens with one attached hydrogen (secondary N) is 1. The van der Waals surface area contributed by atoms with E-state index in [0.29, 0.717) is 12.2 Å². The molecule has 1 N–H and O–H groups in total. The average molecular weight is 265 g/mol. The van der Waals surface area contributed by atoms with E-state index in [1.165, 1.54) is 31.5 Å². The topological polar surface area (TPSA) is 79.2 Å². The smallest absolute Gasteiger partial charge is 0.287 e. The molecule has 2 rings (SSSR count). The van der Waals surface area contributed by atoms with E-state index in [9.17, 15) is 14.9 Å². The van der Waals surface area contributed by atoms with Crippen LogP contribution in [0.1, 0.15) is 42.6 Å². The summed E-state index contributed by atoms with van der Waals surface area (Å²) in [6.45, 7) is 2.22. The van der Waals surface area contributed by atoms with Gasteiger partial charge in [-0.25, -0.2) is 0 Å². The van der Waals surface area contributed by atoms with E-state index in [0.717, 1.165) is 25.9 Å². The van der Waals surface area contributed by atoms with E-state index in [2.05, 4.69) is 9.88 Å². The number of aromatic amines is 1. The van der Waals surface area contributed by atoms with Gasteiger partial charge in [0, 0.05) is 6.07 Å². The Bertz CT molecular complexity index is 448. The van der Waals surface area contributed by atoms with Crippen LogP contribution < -0.4 is 0 Å². The van der Waals surface area contributed by atoms with Crippen LogP contribution in [-0.4, -0.2) is 40.2 Å². The molecule has 0 amide bonds. The van der Waals surface area contributed by atoms with Crippen molar-refractivity contribution in [2.24, 2.45) is 0 Å². The van der Waals surface area contributed by atoms with Crippen molar-refractivity contribution in [2.75, 3.05) is 19.6 Å². The Hall–Kier alpha value is -1.69. The second-order valence-corrected chi connectivity index (χ2v) is 5.00. The number of hydrogen-bond donors (Lipinski definition) is 1. The zero-order valence-electron chi connectivity index (χ0n) is 10.9. The summed E-state index contributed by atoms with van der Waals surface area (Å²) in [6.07, 6.45) is 7.24. The molecule has 0 saturated carbocycles. The fraction of sp³-hybridized carbons (Fsp3) is 0.615. The third-order valence-electron chi connectivity index (χ3n) is 3.49. The third kappa shape index (κ3) is 3.89. The summed E-state index contributed by atoms with van der Waals surface area (Å²) >= 11 is 0. The first-order chi connectivity index (χ1) is 9.16. The SMILES string of the molecule is O=C(CN1CCCCCCC1)c1cc([N+](=O)[O-])c[nH]1. The lowest BCUT2D eigenvalue weighted by molar-refractivity contribution is -0.384. The Kier molecular flexibility index (Phi) is 4.68. The van der Waals surface area contributed by atoms with E-state index in [-0.39, 0.29) is 11.5 Å². The minimum Gasteiger partial charge on any atom is -0.353 e. The maximum atomic E-state index is 12.1. The van der Waals surface area contributed by atoms with Gasteiger partial charge in [-0.2, -0.15) is 0 Å². The van der Waals surface area contributed by atoms with Gasteiger partial charge in [0.1, 0.15) is 0 Å². The first-order valence-electron chi connectivity index (χ1n) is 6.75. The van der Waals surface area contributed by atoms with Crippen LogP contribution in [0, 0.1) is 10.1 Å². The van der Waals surface area contributed by atoms with Crippen molar-refractivity contribution in [2.45, 2.75) is 32.1 Å². The molecule has 0 aliphatic carbocycles. The number of ketones is 1. The van der Waals surface area contributed by atoms with Crippen LogP contribution in [-0.2, 0) is 0 Å². The lowest BCUT2D eigenvalue weighted by Gasteiger charge is -2.23. The van der Waals surface area contributed by atoms with E-state index < -0.39 is 4.92 Å². The summed E-state index contributed by atoms with van der Waals surface area (Å²) in [5.74, 6) is -0.0753. The van der Waals surface area contributed by atoms with Crippen LogP contribution in [0.5, 0.6) is 0 Å². The van der Waals surface area contributed by atoms with Gasteiger partial charge in [-0.15, -0.1) is 0 Å². The molecule has 0 radical (unpaired) electrons. The van der Waals surface area contributed by atoms with Crippen molar-refractivity contribution < 1.29 is 9.72 Å². The lowest BCUT2D eigenvalue weighted by Crippen LogP contribution is -2.32. The fourth-order valence-corrected chi connectivity index (χ4v) is 2.41. The normalized spacial score (nSPS) is 17.7. The summed E-state index contributed by atoms with van der Waals surface area (Å²) in [7, 11) is 0. The van der Waals surface area contributed by atoms with E-state index >= 15 is 0 Å². The molecule has 6 nitrogen and oxygen atoms in total. The standard InChI is InChI=1S/C13H19N3O3/c17-13(12-8-11(9-14-12)16(18)19)10-15-6-4-2-1-3-5-7-15/h8-9,14H,1-7,10H2. The number of likely N-dealkylation sites (tertiary alicyclic amines) is 1. The number of Topliss-reactive ketones (excluding diaryl/α,β-unsaturated/α-hetero) is 1. The molecule has 2 heterocycles. The van der Waals surface area contributed by atoms with Gasteiger partial charge in [0.05, 0.1) is 23.4 Å². The van der Waals surface area contributed by atoms with Crippen LogP contribution in [0.15, 0.2) is 12.3 Å². The molecule has 104 valence electrons. The third-order valence-corrected chi connectivity index (χ3v) is 3.49. The van der Waals surface area contributed by atoms with Crippen molar-refractivity contribution in [1.82, 2.24) is 9.88 Å². The van der Waals surface area contributed by atoms with Crippen LogP contribution in [0.3, 0.4) is 0 Å². The number of aromatic nitrogens is 1. The van der Waals surface area contributed by atoms with Crippen LogP contribution in [0.2, 0.25) is 0 Å². The zero-order valence-corrected chi connectivity index (χ0v) is 10.9. The summed E-state index contributed by atoms with van der Waals surface area (Å²) in [5.41, 5.74) is 0.268. The van der Waals surface area contributed by atoms with Crippen molar-refractivity contribution in [3.8, 4) is 0 Å². The highest BCUT2D eigenvalue weighted by Gasteiger charge is 2.17. The molecular formula is C13H19N3O3. The first-order valence-corrected chi connectivity index (χ1v) is 6.75. The fourth-order valence-electron chi connectivity index (χ4n) is 2.41. The molecule has 0 aromatic carbocycles. The Labute approximate surface area is 111 Å². The molecule has 1 aliphatic heterocycles. The van der Waals surface area contributed by atoms with Crippen molar-refractivity contribution in [3.05, 3.63) is 28.1 Å². The quantitative estimate of drug-likeness (QED) is 0.515. The number of carbonyl (C=O) groups is 1. The van der Waals surface area contributed by atoms with Gasteiger partial charge >= 0.3 is 0 Å². The average Bonchev–Trinajstić information content (AvgIpc) is 2.82. The minimum absolute atomic E-state index is 0.0592. The summed E-state index contributed by atoms with van der Waals surface area (Å²) < 4.78 is 0. The number of nitro groups is 1. The van der Waals surface area contributed by atoms with Gasteiger partial charge in [-0.3, -0.25) is 19.8 Å². The second-order valence-electron chi connectivity index (χ2n) is 5.00. The van der Waals surface area contributed by atoms with Gasteiger partial charge in [0.15, 0.2) is 5.78 Å². The van der Waals surface area contributed by atoms with Crippen LogP contribution in [0.4, 0.5) is 5.69 Å². The van der Waals surface area contributed by atoms with Crippen molar-refractivity contribution in [3.63, 3.8) is 0 Å². The zero-order chi connectivity index (χ0) is 13.7. The second kappa shape index (κ2) is 6.47. The number of rotatable bonds is 4. The molecule has 0 atom stereocenters. The van der Waals surface area contributed by atoms with Gasteiger partial charge < -0.3 is 4.98 Å². The maximum Gasteiger partial charge on any atom is 0.287 e. The Balaban J connectivity index is 1.93. The summed E-state index contributed by atoms with van der Waals surface area (Å²) in [4.78, 5) is 27.0. The lowest BCUT2D eigenvalue weighted by atomic mass is 10.1. The molecule has 1 aliphatic rings.